The molecular weight excluding hydrogens is 431 g/mol. The normalized spacial score (nSPS) is 32.1. The predicted octanol–water partition coefficient (Wildman–Crippen LogP) is 6.25. The first-order chi connectivity index (χ1) is 15.1. The fraction of sp³-hybridized carbons (Fsp3) is 0.885. The van der Waals surface area contributed by atoms with Crippen molar-refractivity contribution in [2.75, 3.05) is 6.61 Å². The Morgan fingerprint density at radius 1 is 1.21 bits per heavy atom. The number of hydrogen-bond donors (Lipinski definition) is 0. The number of esters is 1. The van der Waals surface area contributed by atoms with Gasteiger partial charge in [0.2, 0.25) is 0 Å². The smallest absolute Gasteiger partial charge is 0.461 e. The molecule has 1 unspecified atom stereocenters. The van der Waals surface area contributed by atoms with Crippen LogP contribution in [0.3, 0.4) is 0 Å². The maximum absolute atomic E-state index is 12.5. The molecule has 5 nitrogen and oxygen atoms in total. The van der Waals surface area contributed by atoms with Gasteiger partial charge in [-0.15, -0.1) is 0 Å². The van der Waals surface area contributed by atoms with Gasteiger partial charge in [0.05, 0.1) is 30.8 Å². The predicted molar refractivity (Wildman–Crippen MR) is 137 cm³/mol. The first-order valence-electron chi connectivity index (χ1n) is 12.9. The summed E-state index contributed by atoms with van der Waals surface area (Å²) in [6, 6.07) is 0. The summed E-state index contributed by atoms with van der Waals surface area (Å²) in [6.07, 6.45) is 7.26. The molecule has 1 saturated heterocycles. The van der Waals surface area contributed by atoms with Gasteiger partial charge in [0.1, 0.15) is 0 Å². The zero-order valence-corrected chi connectivity index (χ0v) is 23.7. The number of rotatable bonds is 9. The van der Waals surface area contributed by atoms with Crippen molar-refractivity contribution in [3.05, 3.63) is 12.2 Å². The highest BCUT2D eigenvalue weighted by atomic mass is 28.4. The molecule has 1 heterocycles. The molecule has 188 valence electrons. The molecular formula is C26H47BO5Si. The summed E-state index contributed by atoms with van der Waals surface area (Å²) < 4.78 is 24.9. The van der Waals surface area contributed by atoms with E-state index in [0.29, 0.717) is 30.2 Å². The van der Waals surface area contributed by atoms with Gasteiger partial charge in [-0.1, -0.05) is 60.6 Å². The SMILES string of the molecule is CC(C)COC(=O)CC(/C=C\CB1O[C@@H]2C[C@@H]3C[C@@H](C3(C)C)[C@]2(C)O1)O[Si](C)(C)C(C)(C)C. The van der Waals surface area contributed by atoms with Crippen LogP contribution in [0, 0.1) is 23.2 Å². The van der Waals surface area contributed by atoms with Crippen LogP contribution < -0.4 is 0 Å². The van der Waals surface area contributed by atoms with Crippen LogP contribution >= 0.6 is 0 Å². The third-order valence-electron chi connectivity index (χ3n) is 8.88. The van der Waals surface area contributed by atoms with Crippen molar-refractivity contribution < 1.29 is 23.3 Å². The fourth-order valence-corrected chi connectivity index (χ4v) is 6.85. The van der Waals surface area contributed by atoms with Gasteiger partial charge in [0, 0.05) is 6.32 Å². The summed E-state index contributed by atoms with van der Waals surface area (Å²) >= 11 is 0. The van der Waals surface area contributed by atoms with E-state index in [1.54, 1.807) is 0 Å². The monoisotopic (exact) mass is 478 g/mol. The zero-order valence-electron chi connectivity index (χ0n) is 22.7. The first kappa shape index (κ1) is 27.0. The molecule has 0 aromatic rings. The maximum Gasteiger partial charge on any atom is 0.461 e. The van der Waals surface area contributed by atoms with Crippen LogP contribution in [-0.2, 0) is 23.3 Å². The molecule has 3 aliphatic carbocycles. The minimum atomic E-state index is -2.04. The number of allylic oxidation sites excluding steroid dienone is 1. The molecule has 0 radical (unpaired) electrons. The van der Waals surface area contributed by atoms with Crippen molar-refractivity contribution in [2.24, 2.45) is 23.2 Å². The Labute approximate surface area is 203 Å². The first-order valence-corrected chi connectivity index (χ1v) is 15.8. The molecule has 4 rings (SSSR count). The molecule has 0 N–H and O–H groups in total. The zero-order chi connectivity index (χ0) is 24.8. The van der Waals surface area contributed by atoms with Crippen LogP contribution in [0.5, 0.6) is 0 Å². The summed E-state index contributed by atoms with van der Waals surface area (Å²) in [4.78, 5) is 12.5. The third kappa shape index (κ3) is 5.62. The summed E-state index contributed by atoms with van der Waals surface area (Å²) in [7, 11) is -2.27. The van der Waals surface area contributed by atoms with Gasteiger partial charge >= 0.3 is 13.1 Å². The molecule has 4 aliphatic rings. The van der Waals surface area contributed by atoms with Crippen molar-refractivity contribution in [3.63, 3.8) is 0 Å². The van der Waals surface area contributed by atoms with Crippen LogP contribution in [0.15, 0.2) is 12.2 Å². The maximum atomic E-state index is 12.5. The lowest BCUT2D eigenvalue weighted by molar-refractivity contribution is -0.199. The quantitative estimate of drug-likeness (QED) is 0.223. The number of carbonyl (C=O) groups excluding carboxylic acids is 1. The largest absolute Gasteiger partial charge is 0.465 e. The van der Waals surface area contributed by atoms with E-state index in [-0.39, 0.29) is 42.4 Å². The van der Waals surface area contributed by atoms with Crippen LogP contribution in [0.4, 0.5) is 0 Å². The van der Waals surface area contributed by atoms with Gasteiger partial charge in [-0.3, -0.25) is 4.79 Å². The summed E-state index contributed by atoms with van der Waals surface area (Å²) in [6.45, 7) is 22.6. The Morgan fingerprint density at radius 2 is 1.88 bits per heavy atom. The molecule has 1 aliphatic heterocycles. The highest BCUT2D eigenvalue weighted by Gasteiger charge is 2.67. The van der Waals surface area contributed by atoms with Gasteiger partial charge in [-0.05, 0) is 61.1 Å². The molecule has 3 saturated carbocycles. The van der Waals surface area contributed by atoms with Crippen molar-refractivity contribution in [2.45, 2.75) is 117 Å². The average Bonchev–Trinajstić information content (AvgIpc) is 3.00. The van der Waals surface area contributed by atoms with E-state index < -0.39 is 8.32 Å². The number of ether oxygens (including phenoxy) is 1. The van der Waals surface area contributed by atoms with E-state index in [1.165, 1.54) is 6.42 Å². The van der Waals surface area contributed by atoms with Crippen molar-refractivity contribution >= 4 is 21.4 Å². The lowest BCUT2D eigenvalue weighted by Crippen LogP contribution is -2.65. The van der Waals surface area contributed by atoms with E-state index in [0.717, 1.165) is 12.3 Å². The summed E-state index contributed by atoms with van der Waals surface area (Å²) in [5.41, 5.74) is 0.159. The second-order valence-corrected chi connectivity index (χ2v) is 18.0. The minimum absolute atomic E-state index is 0.0660. The number of carbonyl (C=O) groups is 1. The minimum Gasteiger partial charge on any atom is -0.465 e. The van der Waals surface area contributed by atoms with Gasteiger partial charge in [0.25, 0.3) is 0 Å². The van der Waals surface area contributed by atoms with Crippen LogP contribution in [0.2, 0.25) is 24.5 Å². The highest BCUT2D eigenvalue weighted by molar-refractivity contribution is 6.74. The molecule has 5 atom stereocenters. The van der Waals surface area contributed by atoms with E-state index in [4.69, 9.17) is 18.5 Å². The topological polar surface area (TPSA) is 54.0 Å². The molecule has 4 fully saturated rings. The Hall–Kier alpha value is -0.628. The second-order valence-electron chi connectivity index (χ2n) is 13.3. The van der Waals surface area contributed by atoms with Crippen molar-refractivity contribution in [1.82, 2.24) is 0 Å². The molecule has 0 aromatic heterocycles. The fourth-order valence-electron chi connectivity index (χ4n) is 5.58. The van der Waals surface area contributed by atoms with E-state index in [1.807, 2.05) is 19.9 Å². The summed E-state index contributed by atoms with van der Waals surface area (Å²) in [5.74, 6) is 1.43. The average molecular weight is 479 g/mol. The van der Waals surface area contributed by atoms with Gasteiger partial charge in [-0.25, -0.2) is 0 Å². The Bertz CT molecular complexity index is 743. The molecule has 7 heteroatoms. The van der Waals surface area contributed by atoms with Gasteiger partial charge in [0.15, 0.2) is 8.32 Å². The van der Waals surface area contributed by atoms with Gasteiger partial charge < -0.3 is 18.5 Å². The molecule has 0 amide bonds. The van der Waals surface area contributed by atoms with E-state index >= 15 is 0 Å². The van der Waals surface area contributed by atoms with Crippen LogP contribution in [0.25, 0.3) is 0 Å². The van der Waals surface area contributed by atoms with E-state index in [2.05, 4.69) is 60.7 Å². The lowest BCUT2D eigenvalue weighted by Gasteiger charge is -2.64. The number of hydrogen-bond acceptors (Lipinski definition) is 5. The molecule has 33 heavy (non-hydrogen) atoms. The lowest BCUT2D eigenvalue weighted by atomic mass is 9.43. The Balaban J connectivity index is 1.62. The van der Waals surface area contributed by atoms with Gasteiger partial charge in [-0.2, -0.15) is 0 Å². The molecule has 2 bridgehead atoms. The molecule has 0 spiro atoms. The Morgan fingerprint density at radius 3 is 2.45 bits per heavy atom. The van der Waals surface area contributed by atoms with E-state index in [9.17, 15) is 4.79 Å². The second kappa shape index (κ2) is 9.44. The highest BCUT2D eigenvalue weighted by Crippen LogP contribution is 2.65. The van der Waals surface area contributed by atoms with Crippen molar-refractivity contribution in [3.8, 4) is 0 Å². The van der Waals surface area contributed by atoms with Crippen LogP contribution in [-0.4, -0.2) is 45.8 Å². The standard InChI is InChI=1S/C26H47BO5Si/c1-18(2)17-29-23(28)16-20(31-33(9,10)24(3,4)5)12-11-13-27-30-22-15-19-14-21(25(19,6)7)26(22,8)32-27/h11-12,18-22H,13-17H2,1-10H3/b12-11-/t19-,20?,21-,22+,26-/m0/s1. The summed E-state index contributed by atoms with van der Waals surface area (Å²) in [5, 5.41) is 0.0660. The third-order valence-corrected chi connectivity index (χ3v) is 13.4. The Kier molecular flexibility index (Phi) is 7.71. The van der Waals surface area contributed by atoms with Crippen molar-refractivity contribution in [1.29, 1.82) is 0 Å². The molecule has 0 aromatic carbocycles. The van der Waals surface area contributed by atoms with Crippen LogP contribution in [0.1, 0.15) is 74.7 Å².